The number of halogens is 3. The summed E-state index contributed by atoms with van der Waals surface area (Å²) >= 11 is 0. The monoisotopic (exact) mass is 447 g/mol. The standard InChI is InChI=1S/C22H24F3N5O2/c1-15-17(13-28-30(15)20-8-7-16(12-26-20)22(23,24)25)21(31)27-14-18(19-6-5-11-32-19)29-9-3-2-4-10-29/h5-8,11-13,18H,2-4,9-10,14H2,1H3,(H,27,31). The lowest BCUT2D eigenvalue weighted by molar-refractivity contribution is -0.137. The highest BCUT2D eigenvalue weighted by atomic mass is 19.4. The lowest BCUT2D eigenvalue weighted by Crippen LogP contribution is -2.40. The normalized spacial score (nSPS) is 16.1. The number of furan rings is 1. The van der Waals surface area contributed by atoms with Crippen molar-refractivity contribution >= 4 is 5.91 Å². The Morgan fingerprint density at radius 2 is 1.97 bits per heavy atom. The van der Waals surface area contributed by atoms with Crippen LogP contribution in [0, 0.1) is 6.92 Å². The molecule has 170 valence electrons. The summed E-state index contributed by atoms with van der Waals surface area (Å²) in [5.74, 6) is 0.694. The molecule has 3 aromatic heterocycles. The van der Waals surface area contributed by atoms with Crippen molar-refractivity contribution in [2.45, 2.75) is 38.4 Å². The zero-order valence-electron chi connectivity index (χ0n) is 17.6. The van der Waals surface area contributed by atoms with Crippen molar-refractivity contribution < 1.29 is 22.4 Å². The first-order valence-electron chi connectivity index (χ1n) is 10.5. The number of pyridine rings is 1. The summed E-state index contributed by atoms with van der Waals surface area (Å²) in [4.78, 5) is 19.0. The molecule has 1 fully saturated rings. The van der Waals surface area contributed by atoms with E-state index < -0.39 is 11.7 Å². The predicted octanol–water partition coefficient (Wildman–Crippen LogP) is 4.14. The van der Waals surface area contributed by atoms with Gasteiger partial charge in [-0.3, -0.25) is 9.69 Å². The predicted molar refractivity (Wildman–Crippen MR) is 110 cm³/mol. The van der Waals surface area contributed by atoms with Crippen molar-refractivity contribution in [2.75, 3.05) is 19.6 Å². The van der Waals surface area contributed by atoms with Gasteiger partial charge in [0.05, 0.1) is 35.3 Å². The van der Waals surface area contributed by atoms with Gasteiger partial charge in [0.15, 0.2) is 5.82 Å². The van der Waals surface area contributed by atoms with E-state index in [4.69, 9.17) is 4.42 Å². The number of rotatable bonds is 6. The molecule has 32 heavy (non-hydrogen) atoms. The van der Waals surface area contributed by atoms with Gasteiger partial charge in [0, 0.05) is 12.7 Å². The van der Waals surface area contributed by atoms with Crippen LogP contribution in [0.4, 0.5) is 13.2 Å². The minimum Gasteiger partial charge on any atom is -0.468 e. The number of aromatic nitrogens is 3. The lowest BCUT2D eigenvalue weighted by atomic mass is 10.1. The number of alkyl halides is 3. The zero-order chi connectivity index (χ0) is 22.7. The molecule has 7 nitrogen and oxygen atoms in total. The summed E-state index contributed by atoms with van der Waals surface area (Å²) in [5, 5.41) is 7.11. The second-order valence-corrected chi connectivity index (χ2v) is 7.80. The Kier molecular flexibility index (Phi) is 6.31. The minimum atomic E-state index is -4.46. The van der Waals surface area contributed by atoms with E-state index in [2.05, 4.69) is 20.3 Å². The van der Waals surface area contributed by atoms with E-state index >= 15 is 0 Å². The fraction of sp³-hybridized carbons (Fsp3) is 0.409. The fourth-order valence-corrected chi connectivity index (χ4v) is 3.95. The van der Waals surface area contributed by atoms with Crippen LogP contribution in [0.5, 0.6) is 0 Å². The van der Waals surface area contributed by atoms with Gasteiger partial charge in [-0.1, -0.05) is 6.42 Å². The Bertz CT molecular complexity index is 1040. The first-order chi connectivity index (χ1) is 15.3. The molecular formula is C22H24F3N5O2. The molecule has 1 N–H and O–H groups in total. The number of carbonyl (C=O) groups excluding carboxylic acids is 1. The molecule has 1 aliphatic rings. The number of nitrogens with zero attached hydrogens (tertiary/aromatic N) is 4. The third kappa shape index (κ3) is 4.69. The van der Waals surface area contributed by atoms with E-state index in [0.29, 0.717) is 17.8 Å². The molecule has 10 heteroatoms. The Balaban J connectivity index is 1.47. The number of hydrogen-bond acceptors (Lipinski definition) is 5. The number of carbonyl (C=O) groups is 1. The Labute approximate surface area is 183 Å². The number of nitrogens with one attached hydrogen (secondary N) is 1. The molecule has 1 atom stereocenters. The maximum absolute atomic E-state index is 12.9. The molecule has 0 bridgehead atoms. The van der Waals surface area contributed by atoms with Crippen LogP contribution in [-0.2, 0) is 6.18 Å². The van der Waals surface area contributed by atoms with Crippen molar-refractivity contribution in [3.63, 3.8) is 0 Å². The van der Waals surface area contributed by atoms with Crippen molar-refractivity contribution in [2.24, 2.45) is 0 Å². The van der Waals surface area contributed by atoms with Crippen LogP contribution in [0.25, 0.3) is 5.82 Å². The van der Waals surface area contributed by atoms with Gasteiger partial charge in [-0.15, -0.1) is 0 Å². The lowest BCUT2D eigenvalue weighted by Gasteiger charge is -2.33. The molecule has 0 radical (unpaired) electrons. The molecule has 1 amide bonds. The second-order valence-electron chi connectivity index (χ2n) is 7.80. The second kappa shape index (κ2) is 9.15. The quantitative estimate of drug-likeness (QED) is 0.615. The average molecular weight is 447 g/mol. The Hall–Kier alpha value is -3.14. The molecule has 1 unspecified atom stereocenters. The molecule has 0 aromatic carbocycles. The average Bonchev–Trinajstić information content (AvgIpc) is 3.44. The minimum absolute atomic E-state index is 0.0684. The maximum atomic E-state index is 12.9. The van der Waals surface area contributed by atoms with Crippen LogP contribution < -0.4 is 5.32 Å². The third-order valence-corrected chi connectivity index (χ3v) is 5.71. The van der Waals surface area contributed by atoms with Crippen molar-refractivity contribution in [3.8, 4) is 5.82 Å². The van der Waals surface area contributed by atoms with Crippen LogP contribution >= 0.6 is 0 Å². The van der Waals surface area contributed by atoms with Crippen molar-refractivity contribution in [3.05, 3.63) is 65.5 Å². The van der Waals surface area contributed by atoms with E-state index in [9.17, 15) is 18.0 Å². The summed E-state index contributed by atoms with van der Waals surface area (Å²) < 4.78 is 45.3. The van der Waals surface area contributed by atoms with Crippen LogP contribution in [0.15, 0.2) is 47.3 Å². The summed E-state index contributed by atoms with van der Waals surface area (Å²) in [6.45, 7) is 3.93. The number of piperidine rings is 1. The highest BCUT2D eigenvalue weighted by molar-refractivity contribution is 5.95. The molecule has 0 spiro atoms. The zero-order valence-corrected chi connectivity index (χ0v) is 17.6. The topological polar surface area (TPSA) is 76.2 Å². The molecule has 0 saturated carbocycles. The smallest absolute Gasteiger partial charge is 0.417 e. The van der Waals surface area contributed by atoms with Gasteiger partial charge in [0.25, 0.3) is 5.91 Å². The molecule has 1 aliphatic heterocycles. The Morgan fingerprint density at radius 1 is 1.19 bits per heavy atom. The van der Waals surface area contributed by atoms with Gasteiger partial charge < -0.3 is 9.73 Å². The Morgan fingerprint density at radius 3 is 2.59 bits per heavy atom. The number of hydrogen-bond donors (Lipinski definition) is 1. The van der Waals surface area contributed by atoms with Crippen LogP contribution in [0.2, 0.25) is 0 Å². The largest absolute Gasteiger partial charge is 0.468 e. The first-order valence-corrected chi connectivity index (χ1v) is 10.5. The molecular weight excluding hydrogens is 423 g/mol. The maximum Gasteiger partial charge on any atom is 0.417 e. The van der Waals surface area contributed by atoms with Crippen LogP contribution in [0.3, 0.4) is 0 Å². The third-order valence-electron chi connectivity index (χ3n) is 5.71. The highest BCUT2D eigenvalue weighted by Crippen LogP contribution is 2.29. The highest BCUT2D eigenvalue weighted by Gasteiger charge is 2.31. The van der Waals surface area contributed by atoms with Gasteiger partial charge >= 0.3 is 6.18 Å². The molecule has 4 rings (SSSR count). The van der Waals surface area contributed by atoms with E-state index in [0.717, 1.165) is 44.0 Å². The van der Waals surface area contributed by atoms with Gasteiger partial charge in [-0.2, -0.15) is 18.3 Å². The molecule has 3 aromatic rings. The van der Waals surface area contributed by atoms with Gasteiger partial charge in [-0.05, 0) is 57.1 Å². The summed E-state index contributed by atoms with van der Waals surface area (Å²) in [6.07, 6.45) is 2.72. The van der Waals surface area contributed by atoms with E-state index in [1.54, 1.807) is 13.2 Å². The fourth-order valence-electron chi connectivity index (χ4n) is 3.95. The van der Waals surface area contributed by atoms with Crippen LogP contribution in [-0.4, -0.2) is 45.2 Å². The SMILES string of the molecule is Cc1c(C(=O)NCC(c2ccco2)N2CCCCC2)cnn1-c1ccc(C(F)(F)F)cn1. The molecule has 4 heterocycles. The van der Waals surface area contributed by atoms with E-state index in [1.165, 1.54) is 23.4 Å². The summed E-state index contributed by atoms with van der Waals surface area (Å²) in [7, 11) is 0. The van der Waals surface area contributed by atoms with Crippen molar-refractivity contribution in [1.29, 1.82) is 0 Å². The molecule has 0 aliphatic carbocycles. The molecule has 1 saturated heterocycles. The number of likely N-dealkylation sites (tertiary alicyclic amines) is 1. The summed E-state index contributed by atoms with van der Waals surface area (Å²) in [5.41, 5.74) is -0.0171. The first kappa shape index (κ1) is 22.1. The van der Waals surface area contributed by atoms with E-state index in [1.807, 2.05) is 12.1 Å². The van der Waals surface area contributed by atoms with Gasteiger partial charge in [-0.25, -0.2) is 9.67 Å². The van der Waals surface area contributed by atoms with Gasteiger partial charge in [0.2, 0.25) is 0 Å². The summed E-state index contributed by atoms with van der Waals surface area (Å²) in [6, 6.07) is 5.84. The van der Waals surface area contributed by atoms with Crippen LogP contribution in [0.1, 0.15) is 52.7 Å². The van der Waals surface area contributed by atoms with Gasteiger partial charge in [0.1, 0.15) is 5.76 Å². The number of amides is 1. The van der Waals surface area contributed by atoms with Crippen molar-refractivity contribution in [1.82, 2.24) is 25.0 Å². The van der Waals surface area contributed by atoms with E-state index in [-0.39, 0.29) is 17.8 Å².